The molecule has 2 N–H and O–H groups in total. The molecular formula is C8H6ClIO3. The van der Waals surface area contributed by atoms with Crippen LogP contribution in [0.2, 0.25) is 5.02 Å². The average Bonchev–Trinajstić information content (AvgIpc) is 2.08. The van der Waals surface area contributed by atoms with E-state index in [1.807, 2.05) is 22.6 Å². The van der Waals surface area contributed by atoms with Crippen LogP contribution in [0.25, 0.3) is 0 Å². The molecule has 1 rings (SSSR count). The molecule has 0 aliphatic heterocycles. The van der Waals surface area contributed by atoms with Crippen molar-refractivity contribution in [3.05, 3.63) is 32.4 Å². The molecule has 0 saturated carbocycles. The standard InChI is InChI=1S/C8H6ClIO3/c9-6-4(7(11)8(12)13)2-1-3-5(6)10/h1-3,7,11H,(H,12,13). The lowest BCUT2D eigenvalue weighted by Crippen LogP contribution is -2.11. The van der Waals surface area contributed by atoms with E-state index in [2.05, 4.69) is 0 Å². The van der Waals surface area contributed by atoms with Crippen LogP contribution in [-0.2, 0) is 4.79 Å². The lowest BCUT2D eigenvalue weighted by atomic mass is 10.1. The van der Waals surface area contributed by atoms with Gasteiger partial charge in [0, 0.05) is 9.13 Å². The van der Waals surface area contributed by atoms with Crippen molar-refractivity contribution in [2.45, 2.75) is 6.10 Å². The molecule has 0 aliphatic rings. The first-order valence-electron chi connectivity index (χ1n) is 3.39. The van der Waals surface area contributed by atoms with Gasteiger partial charge in [-0.25, -0.2) is 4.79 Å². The highest BCUT2D eigenvalue weighted by Gasteiger charge is 2.19. The molecule has 0 radical (unpaired) electrons. The minimum Gasteiger partial charge on any atom is -0.479 e. The fraction of sp³-hybridized carbons (Fsp3) is 0.125. The second-order valence-electron chi connectivity index (χ2n) is 2.38. The van der Waals surface area contributed by atoms with Crippen LogP contribution in [0.3, 0.4) is 0 Å². The van der Waals surface area contributed by atoms with Gasteiger partial charge in [-0.05, 0) is 28.7 Å². The number of halogens is 2. The summed E-state index contributed by atoms with van der Waals surface area (Å²) in [5.41, 5.74) is 0.223. The topological polar surface area (TPSA) is 57.5 Å². The quantitative estimate of drug-likeness (QED) is 0.822. The molecule has 0 spiro atoms. The summed E-state index contributed by atoms with van der Waals surface area (Å²) in [6, 6.07) is 4.87. The van der Waals surface area contributed by atoms with Gasteiger partial charge >= 0.3 is 5.97 Å². The smallest absolute Gasteiger partial charge is 0.337 e. The normalized spacial score (nSPS) is 12.5. The Morgan fingerprint density at radius 2 is 2.15 bits per heavy atom. The third kappa shape index (κ3) is 2.32. The van der Waals surface area contributed by atoms with E-state index in [1.165, 1.54) is 6.07 Å². The van der Waals surface area contributed by atoms with Gasteiger partial charge in [0.1, 0.15) is 0 Å². The molecule has 70 valence electrons. The summed E-state index contributed by atoms with van der Waals surface area (Å²) < 4.78 is 0.720. The van der Waals surface area contributed by atoms with Crippen LogP contribution in [-0.4, -0.2) is 16.2 Å². The summed E-state index contributed by atoms with van der Waals surface area (Å²) in [5.74, 6) is -1.30. The van der Waals surface area contributed by atoms with Crippen molar-refractivity contribution in [3.8, 4) is 0 Å². The summed E-state index contributed by atoms with van der Waals surface area (Å²) in [7, 11) is 0. The van der Waals surface area contributed by atoms with Crippen LogP contribution < -0.4 is 0 Å². The van der Waals surface area contributed by atoms with E-state index in [-0.39, 0.29) is 10.6 Å². The highest BCUT2D eigenvalue weighted by molar-refractivity contribution is 14.1. The average molecular weight is 312 g/mol. The van der Waals surface area contributed by atoms with Crippen molar-refractivity contribution < 1.29 is 15.0 Å². The van der Waals surface area contributed by atoms with Gasteiger partial charge in [-0.2, -0.15) is 0 Å². The molecular weight excluding hydrogens is 306 g/mol. The van der Waals surface area contributed by atoms with Gasteiger partial charge in [0.25, 0.3) is 0 Å². The molecule has 0 fully saturated rings. The van der Waals surface area contributed by atoms with Crippen LogP contribution in [0.4, 0.5) is 0 Å². The van der Waals surface area contributed by atoms with Crippen molar-refractivity contribution in [2.24, 2.45) is 0 Å². The monoisotopic (exact) mass is 312 g/mol. The molecule has 1 unspecified atom stereocenters. The summed E-state index contributed by atoms with van der Waals surface area (Å²) in [6.07, 6.45) is -1.55. The highest BCUT2D eigenvalue weighted by atomic mass is 127. The van der Waals surface area contributed by atoms with Gasteiger partial charge in [0.15, 0.2) is 6.10 Å². The van der Waals surface area contributed by atoms with Gasteiger partial charge in [-0.3, -0.25) is 0 Å². The van der Waals surface area contributed by atoms with E-state index >= 15 is 0 Å². The highest BCUT2D eigenvalue weighted by Crippen LogP contribution is 2.27. The molecule has 1 atom stereocenters. The molecule has 1 aromatic carbocycles. The van der Waals surface area contributed by atoms with E-state index < -0.39 is 12.1 Å². The van der Waals surface area contributed by atoms with Crippen molar-refractivity contribution >= 4 is 40.2 Å². The first-order valence-corrected chi connectivity index (χ1v) is 4.84. The fourth-order valence-electron chi connectivity index (χ4n) is 0.865. The van der Waals surface area contributed by atoms with Crippen LogP contribution in [0, 0.1) is 3.57 Å². The third-order valence-corrected chi connectivity index (χ3v) is 3.15. The number of hydrogen-bond acceptors (Lipinski definition) is 2. The van der Waals surface area contributed by atoms with Crippen LogP contribution in [0.15, 0.2) is 18.2 Å². The number of carboxylic acids is 1. The second kappa shape index (κ2) is 4.26. The minimum absolute atomic E-state index is 0.223. The maximum absolute atomic E-state index is 10.5. The molecule has 0 aromatic heterocycles. The van der Waals surface area contributed by atoms with Crippen LogP contribution in [0.5, 0.6) is 0 Å². The predicted molar refractivity (Wildman–Crippen MR) is 56.8 cm³/mol. The predicted octanol–water partition coefficient (Wildman–Crippen LogP) is 2.06. The number of rotatable bonds is 2. The molecule has 3 nitrogen and oxygen atoms in total. The zero-order valence-electron chi connectivity index (χ0n) is 6.37. The van der Waals surface area contributed by atoms with Gasteiger partial charge < -0.3 is 10.2 Å². The van der Waals surface area contributed by atoms with Crippen molar-refractivity contribution in [2.75, 3.05) is 0 Å². The van der Waals surface area contributed by atoms with Crippen LogP contribution in [0.1, 0.15) is 11.7 Å². The molecule has 5 heteroatoms. The molecule has 13 heavy (non-hydrogen) atoms. The Morgan fingerprint density at radius 1 is 1.54 bits per heavy atom. The minimum atomic E-state index is -1.55. The van der Waals surface area contributed by atoms with Gasteiger partial charge in [-0.15, -0.1) is 0 Å². The Bertz CT molecular complexity index is 340. The molecule has 0 saturated heterocycles. The summed E-state index contributed by atoms with van der Waals surface area (Å²) in [4.78, 5) is 10.5. The second-order valence-corrected chi connectivity index (χ2v) is 3.92. The Labute approximate surface area is 93.5 Å². The summed E-state index contributed by atoms with van der Waals surface area (Å²) in [6.45, 7) is 0. The van der Waals surface area contributed by atoms with Crippen molar-refractivity contribution in [1.29, 1.82) is 0 Å². The zero-order chi connectivity index (χ0) is 10.0. The Morgan fingerprint density at radius 3 is 2.69 bits per heavy atom. The van der Waals surface area contributed by atoms with E-state index in [0.29, 0.717) is 0 Å². The first-order chi connectivity index (χ1) is 6.04. The maximum atomic E-state index is 10.5. The van der Waals surface area contributed by atoms with Crippen LogP contribution >= 0.6 is 34.2 Å². The van der Waals surface area contributed by atoms with E-state index in [9.17, 15) is 9.90 Å². The van der Waals surface area contributed by atoms with E-state index in [0.717, 1.165) is 3.57 Å². The lowest BCUT2D eigenvalue weighted by Gasteiger charge is -2.08. The maximum Gasteiger partial charge on any atom is 0.337 e. The molecule has 0 amide bonds. The number of carboxylic acid groups (broad SMARTS) is 1. The number of benzene rings is 1. The lowest BCUT2D eigenvalue weighted by molar-refractivity contribution is -0.146. The first kappa shape index (κ1) is 10.7. The Balaban J connectivity index is 3.15. The van der Waals surface area contributed by atoms with Crippen molar-refractivity contribution in [3.63, 3.8) is 0 Å². The summed E-state index contributed by atoms with van der Waals surface area (Å²) in [5, 5.41) is 18.0. The molecule has 0 aliphatic carbocycles. The molecule has 0 bridgehead atoms. The zero-order valence-corrected chi connectivity index (χ0v) is 9.28. The van der Waals surface area contributed by atoms with Gasteiger partial charge in [0.2, 0.25) is 0 Å². The van der Waals surface area contributed by atoms with Gasteiger partial charge in [0.05, 0.1) is 5.02 Å². The fourth-order valence-corrected chi connectivity index (χ4v) is 1.61. The van der Waals surface area contributed by atoms with E-state index in [1.54, 1.807) is 12.1 Å². The number of aliphatic hydroxyl groups excluding tert-OH is 1. The largest absolute Gasteiger partial charge is 0.479 e. The molecule has 1 aromatic rings. The Hall–Kier alpha value is -0.330. The Kier molecular flexibility index (Phi) is 3.52. The number of aliphatic hydroxyl groups is 1. The van der Waals surface area contributed by atoms with Crippen molar-refractivity contribution in [1.82, 2.24) is 0 Å². The van der Waals surface area contributed by atoms with E-state index in [4.69, 9.17) is 16.7 Å². The summed E-state index contributed by atoms with van der Waals surface area (Å²) >= 11 is 7.77. The number of hydrogen-bond donors (Lipinski definition) is 2. The number of aliphatic carboxylic acids is 1. The SMILES string of the molecule is O=C(O)C(O)c1cccc(I)c1Cl. The van der Waals surface area contributed by atoms with Gasteiger partial charge in [-0.1, -0.05) is 23.7 Å². The molecule has 0 heterocycles. The number of carbonyl (C=O) groups is 1. The third-order valence-electron chi connectivity index (χ3n) is 1.51.